The second-order valence-electron chi connectivity index (χ2n) is 10.1. The number of fused-ring (bicyclic) bond motifs is 1. The Kier molecular flexibility index (Phi) is 8.64. The molecule has 9 heteroatoms. The molecule has 2 unspecified atom stereocenters. The molecule has 3 heterocycles. The first kappa shape index (κ1) is 25.5. The average Bonchev–Trinajstić information content (AvgIpc) is 2.89. The van der Waals surface area contributed by atoms with Crippen LogP contribution in [0.1, 0.15) is 31.7 Å². The molecule has 0 radical (unpaired) electrons. The molecule has 1 amide bonds. The van der Waals surface area contributed by atoms with E-state index < -0.39 is 0 Å². The van der Waals surface area contributed by atoms with E-state index in [-0.39, 0.29) is 23.8 Å². The van der Waals surface area contributed by atoms with Crippen LogP contribution in [-0.4, -0.2) is 97.3 Å². The lowest BCUT2D eigenvalue weighted by molar-refractivity contribution is -0.125. The molecule has 2 aromatic rings. The first-order valence-electron chi connectivity index (χ1n) is 12.9. The smallest absolute Gasteiger partial charge is 0.224 e. The third kappa shape index (κ3) is 6.15. The van der Waals surface area contributed by atoms with E-state index in [4.69, 9.17) is 11.1 Å². The zero-order chi connectivity index (χ0) is 24.8. The average molecular weight is 481 g/mol. The minimum absolute atomic E-state index is 0.0571. The number of amides is 1. The topological polar surface area (TPSA) is 114 Å². The fourth-order valence-corrected chi connectivity index (χ4v) is 5.39. The Morgan fingerprint density at radius 2 is 1.94 bits per heavy atom. The lowest BCUT2D eigenvalue weighted by Gasteiger charge is -2.41. The zero-order valence-electron chi connectivity index (χ0n) is 21.1. The summed E-state index contributed by atoms with van der Waals surface area (Å²) < 4.78 is 0. The number of rotatable bonds is 9. The van der Waals surface area contributed by atoms with Gasteiger partial charge in [-0.25, -0.2) is 0 Å². The summed E-state index contributed by atoms with van der Waals surface area (Å²) in [6.45, 7) is 9.41. The number of hydrogen-bond acceptors (Lipinski definition) is 8. The van der Waals surface area contributed by atoms with Gasteiger partial charge in [-0.05, 0) is 37.9 Å². The van der Waals surface area contributed by atoms with Crippen LogP contribution in [0.25, 0.3) is 11.0 Å². The monoisotopic (exact) mass is 480 g/mol. The largest absolute Gasteiger partial charge is 0.369 e. The Morgan fingerprint density at radius 1 is 1.20 bits per heavy atom. The highest BCUT2D eigenvalue weighted by molar-refractivity contribution is 6.00. The number of nitrogens with two attached hydrogens (primary N) is 1. The highest BCUT2D eigenvalue weighted by Gasteiger charge is 2.35. The molecule has 190 valence electrons. The minimum atomic E-state index is -0.127. The number of piperidine rings is 1. The number of piperazine rings is 1. The van der Waals surface area contributed by atoms with E-state index in [1.54, 1.807) is 12.4 Å². The molecule has 0 aliphatic carbocycles. The van der Waals surface area contributed by atoms with Gasteiger partial charge in [0, 0.05) is 82.6 Å². The van der Waals surface area contributed by atoms with Gasteiger partial charge in [0.1, 0.15) is 5.52 Å². The van der Waals surface area contributed by atoms with E-state index in [1.165, 1.54) is 6.21 Å². The van der Waals surface area contributed by atoms with Crippen molar-refractivity contribution in [1.29, 1.82) is 5.41 Å². The number of carbonyl (C=O) groups excluding carboxylic acids is 1. The van der Waals surface area contributed by atoms with Gasteiger partial charge in [-0.2, -0.15) is 0 Å². The highest BCUT2D eigenvalue weighted by atomic mass is 16.1. The van der Waals surface area contributed by atoms with Gasteiger partial charge in [0.05, 0.1) is 17.1 Å². The van der Waals surface area contributed by atoms with Gasteiger partial charge in [0.2, 0.25) is 5.91 Å². The van der Waals surface area contributed by atoms with Crippen molar-refractivity contribution >= 4 is 28.8 Å². The van der Waals surface area contributed by atoms with E-state index in [0.717, 1.165) is 75.3 Å². The van der Waals surface area contributed by atoms with Gasteiger partial charge in [0.25, 0.3) is 0 Å². The van der Waals surface area contributed by atoms with Crippen molar-refractivity contribution in [3.05, 3.63) is 30.1 Å². The van der Waals surface area contributed by atoms with E-state index >= 15 is 0 Å². The van der Waals surface area contributed by atoms with Gasteiger partial charge in [-0.3, -0.25) is 19.7 Å². The number of nitrogens with one attached hydrogen (secondary N) is 2. The Hall–Kier alpha value is -2.62. The quantitative estimate of drug-likeness (QED) is 0.467. The summed E-state index contributed by atoms with van der Waals surface area (Å²) in [4.78, 5) is 29.4. The zero-order valence-corrected chi connectivity index (χ0v) is 21.1. The summed E-state index contributed by atoms with van der Waals surface area (Å²) >= 11 is 0. The molecule has 2 aliphatic heterocycles. The summed E-state index contributed by atoms with van der Waals surface area (Å²) in [5, 5.41) is 10.9. The van der Waals surface area contributed by atoms with Crippen LogP contribution in [0.5, 0.6) is 0 Å². The number of anilines is 1. The van der Waals surface area contributed by atoms with Crippen molar-refractivity contribution in [2.45, 2.75) is 32.2 Å². The second-order valence-corrected chi connectivity index (χ2v) is 10.1. The Morgan fingerprint density at radius 3 is 2.66 bits per heavy atom. The number of benzene rings is 1. The summed E-state index contributed by atoms with van der Waals surface area (Å²) in [7, 11) is 2.15. The molecule has 3 atom stereocenters. The van der Waals surface area contributed by atoms with Crippen LogP contribution < -0.4 is 16.0 Å². The number of nitrogens with zero attached hydrogens (tertiary/aromatic N) is 5. The lowest BCUT2D eigenvalue weighted by Crippen LogP contribution is -2.52. The summed E-state index contributed by atoms with van der Waals surface area (Å²) in [5.41, 5.74) is 9.79. The van der Waals surface area contributed by atoms with Gasteiger partial charge in [0.15, 0.2) is 0 Å². The molecular formula is C26H40N8O. The van der Waals surface area contributed by atoms with Crippen molar-refractivity contribution in [2.24, 2.45) is 17.6 Å². The van der Waals surface area contributed by atoms with E-state index in [2.05, 4.69) is 44.0 Å². The SMILES string of the molecule is CCCC(N)[C@H]1CC(C(=O)NCCN2CCN(C)CC2)CN(c2ccc(C=N)c3nccnc23)C1. The number of aromatic nitrogens is 2. The predicted octanol–water partition coefficient (Wildman–Crippen LogP) is 1.56. The van der Waals surface area contributed by atoms with Crippen LogP contribution in [0.3, 0.4) is 0 Å². The molecule has 4 rings (SSSR count). The molecule has 2 fully saturated rings. The van der Waals surface area contributed by atoms with Crippen molar-refractivity contribution in [3.63, 3.8) is 0 Å². The third-order valence-corrected chi connectivity index (χ3v) is 7.54. The Bertz CT molecular complexity index is 1010. The van der Waals surface area contributed by atoms with Crippen LogP contribution in [0, 0.1) is 17.2 Å². The van der Waals surface area contributed by atoms with Crippen molar-refractivity contribution < 1.29 is 4.79 Å². The second kappa shape index (κ2) is 11.9. The highest BCUT2D eigenvalue weighted by Crippen LogP contribution is 2.33. The first-order chi connectivity index (χ1) is 17.0. The normalized spacial score (nSPS) is 22.8. The maximum atomic E-state index is 13.3. The van der Waals surface area contributed by atoms with E-state index in [0.29, 0.717) is 18.6 Å². The van der Waals surface area contributed by atoms with Crippen LogP contribution in [-0.2, 0) is 4.79 Å². The third-order valence-electron chi connectivity index (χ3n) is 7.54. The molecule has 35 heavy (non-hydrogen) atoms. The van der Waals surface area contributed by atoms with Crippen molar-refractivity contribution in [2.75, 3.05) is 64.3 Å². The number of hydrogen-bond donors (Lipinski definition) is 3. The minimum Gasteiger partial charge on any atom is -0.369 e. The maximum Gasteiger partial charge on any atom is 0.224 e. The lowest BCUT2D eigenvalue weighted by atomic mass is 9.82. The molecule has 1 aromatic heterocycles. The summed E-state index contributed by atoms with van der Waals surface area (Å²) in [6, 6.07) is 3.98. The molecule has 0 bridgehead atoms. The summed E-state index contributed by atoms with van der Waals surface area (Å²) in [6.07, 6.45) is 7.44. The van der Waals surface area contributed by atoms with Crippen LogP contribution in [0.2, 0.25) is 0 Å². The standard InChI is InChI=1S/C26H40N8O/c1-3-4-22(28)20-15-21(26(35)31-9-10-33-13-11-32(2)12-14-33)18-34(17-20)23-6-5-19(16-27)24-25(23)30-8-7-29-24/h5-8,16,20-22,27H,3-4,9-15,17-18,28H2,1-2H3,(H,31,35)/t20-,21?,22?/m0/s1. The molecule has 1 aromatic carbocycles. The molecule has 0 spiro atoms. The molecule has 2 saturated heterocycles. The maximum absolute atomic E-state index is 13.3. The van der Waals surface area contributed by atoms with E-state index in [9.17, 15) is 4.79 Å². The first-order valence-corrected chi connectivity index (χ1v) is 12.9. The molecular weight excluding hydrogens is 440 g/mol. The Balaban J connectivity index is 1.49. The number of likely N-dealkylation sites (N-methyl/N-ethyl adjacent to an activating group) is 1. The van der Waals surface area contributed by atoms with Gasteiger partial charge < -0.3 is 26.3 Å². The van der Waals surface area contributed by atoms with Crippen molar-refractivity contribution in [1.82, 2.24) is 25.1 Å². The van der Waals surface area contributed by atoms with Crippen LogP contribution in [0.15, 0.2) is 24.5 Å². The van der Waals surface area contributed by atoms with Gasteiger partial charge in [-0.15, -0.1) is 0 Å². The van der Waals surface area contributed by atoms with Gasteiger partial charge >= 0.3 is 0 Å². The van der Waals surface area contributed by atoms with Gasteiger partial charge in [-0.1, -0.05) is 13.3 Å². The van der Waals surface area contributed by atoms with Crippen LogP contribution in [0.4, 0.5) is 5.69 Å². The fourth-order valence-electron chi connectivity index (χ4n) is 5.39. The number of carbonyl (C=O) groups is 1. The molecule has 4 N–H and O–H groups in total. The molecule has 0 saturated carbocycles. The predicted molar refractivity (Wildman–Crippen MR) is 141 cm³/mol. The fraction of sp³-hybridized carbons (Fsp3) is 0.615. The molecule has 2 aliphatic rings. The Labute approximate surface area is 208 Å². The van der Waals surface area contributed by atoms with E-state index in [1.807, 2.05) is 12.1 Å². The summed E-state index contributed by atoms with van der Waals surface area (Å²) in [5.74, 6) is 0.216. The van der Waals surface area contributed by atoms with Crippen LogP contribution >= 0.6 is 0 Å². The molecule has 9 nitrogen and oxygen atoms in total. The van der Waals surface area contributed by atoms with Crippen molar-refractivity contribution in [3.8, 4) is 0 Å².